The van der Waals surface area contributed by atoms with Crippen LogP contribution in [0, 0.1) is 5.92 Å². The zero-order chi connectivity index (χ0) is 13.8. The maximum atomic E-state index is 12.4. The van der Waals surface area contributed by atoms with E-state index in [0.717, 1.165) is 32.2 Å². The van der Waals surface area contributed by atoms with E-state index in [0.29, 0.717) is 18.3 Å². The number of carbonyl (C=O) groups excluding carboxylic acids is 1. The number of rotatable bonds is 3. The van der Waals surface area contributed by atoms with Crippen LogP contribution in [0.4, 0.5) is 0 Å². The Morgan fingerprint density at radius 2 is 2.25 bits per heavy atom. The fraction of sp³-hybridized carbons (Fsp3) is 0.500. The summed E-state index contributed by atoms with van der Waals surface area (Å²) in [5.74, 6) is 1.11. The first-order valence-electron chi connectivity index (χ1n) is 7.34. The van der Waals surface area contributed by atoms with Crippen molar-refractivity contribution in [3.05, 3.63) is 36.5 Å². The molecule has 0 spiro atoms. The number of aromatic nitrogens is 1. The second kappa shape index (κ2) is 6.07. The highest BCUT2D eigenvalue weighted by Gasteiger charge is 2.31. The lowest BCUT2D eigenvalue weighted by Crippen LogP contribution is -2.36. The number of amides is 1. The third kappa shape index (κ3) is 3.00. The molecule has 0 bridgehead atoms. The van der Waals surface area contributed by atoms with Gasteiger partial charge in [-0.25, -0.2) is 4.98 Å². The number of pyridine rings is 1. The van der Waals surface area contributed by atoms with Crippen LogP contribution in [0.3, 0.4) is 0 Å². The minimum absolute atomic E-state index is 0.0768. The van der Waals surface area contributed by atoms with Gasteiger partial charge in [0.05, 0.1) is 6.54 Å². The maximum absolute atomic E-state index is 12.4. The predicted octanol–water partition coefficient (Wildman–Crippen LogP) is 2.42. The van der Waals surface area contributed by atoms with Crippen molar-refractivity contribution in [1.29, 1.82) is 0 Å². The van der Waals surface area contributed by atoms with Crippen LogP contribution < -0.4 is 4.74 Å². The first-order valence-corrected chi connectivity index (χ1v) is 7.34. The summed E-state index contributed by atoms with van der Waals surface area (Å²) < 4.78 is 5.82. The van der Waals surface area contributed by atoms with Crippen LogP contribution in [0.25, 0.3) is 0 Å². The average molecular weight is 272 g/mol. The zero-order valence-corrected chi connectivity index (χ0v) is 11.6. The Hall–Kier alpha value is -1.84. The van der Waals surface area contributed by atoms with Crippen molar-refractivity contribution >= 4 is 5.91 Å². The highest BCUT2D eigenvalue weighted by Crippen LogP contribution is 2.24. The number of likely N-dealkylation sites (tertiary alicyclic amines) is 1. The summed E-state index contributed by atoms with van der Waals surface area (Å²) in [6.45, 7) is 1.49. The highest BCUT2D eigenvalue weighted by atomic mass is 16.5. The SMILES string of the molecule is O=C(C1CC=CCC1)N1CCC(Oc2ccccn2)C1. The molecular formula is C16H20N2O2. The number of hydrogen-bond donors (Lipinski definition) is 0. The number of ether oxygens (including phenoxy) is 1. The van der Waals surface area contributed by atoms with Gasteiger partial charge in [0.2, 0.25) is 11.8 Å². The van der Waals surface area contributed by atoms with Crippen LogP contribution in [0.1, 0.15) is 25.7 Å². The van der Waals surface area contributed by atoms with E-state index in [-0.39, 0.29) is 12.0 Å². The van der Waals surface area contributed by atoms with Gasteiger partial charge in [0, 0.05) is 31.1 Å². The van der Waals surface area contributed by atoms with Gasteiger partial charge in [-0.15, -0.1) is 0 Å². The van der Waals surface area contributed by atoms with Crippen molar-refractivity contribution in [3.63, 3.8) is 0 Å². The summed E-state index contributed by atoms with van der Waals surface area (Å²) in [6.07, 6.45) is 9.89. The average Bonchev–Trinajstić information content (AvgIpc) is 2.97. The highest BCUT2D eigenvalue weighted by molar-refractivity contribution is 5.79. The summed E-state index contributed by atoms with van der Waals surface area (Å²) >= 11 is 0. The van der Waals surface area contributed by atoms with E-state index in [1.54, 1.807) is 6.20 Å². The fourth-order valence-corrected chi connectivity index (χ4v) is 2.89. The smallest absolute Gasteiger partial charge is 0.226 e. The van der Waals surface area contributed by atoms with Crippen LogP contribution in [0.5, 0.6) is 5.88 Å². The Bertz CT molecular complexity index is 487. The standard InChI is InChI=1S/C16H20N2O2/c19-16(13-6-2-1-3-7-13)18-11-9-14(12-18)20-15-8-4-5-10-17-15/h1-2,4-5,8,10,13-14H,3,6-7,9,11-12H2. The van der Waals surface area contributed by atoms with E-state index in [9.17, 15) is 4.79 Å². The van der Waals surface area contributed by atoms with Gasteiger partial charge in [-0.05, 0) is 25.3 Å². The molecule has 106 valence electrons. The Morgan fingerprint density at radius 3 is 3.00 bits per heavy atom. The van der Waals surface area contributed by atoms with Crippen molar-refractivity contribution in [1.82, 2.24) is 9.88 Å². The number of allylic oxidation sites excluding steroid dienone is 2. The van der Waals surface area contributed by atoms with Gasteiger partial charge in [0.25, 0.3) is 0 Å². The predicted molar refractivity (Wildman–Crippen MR) is 76.3 cm³/mol. The monoisotopic (exact) mass is 272 g/mol. The molecular weight excluding hydrogens is 252 g/mol. The minimum Gasteiger partial charge on any atom is -0.472 e. The van der Waals surface area contributed by atoms with Gasteiger partial charge in [0.1, 0.15) is 6.10 Å². The molecule has 4 nitrogen and oxygen atoms in total. The molecule has 3 rings (SSSR count). The molecule has 1 aromatic heterocycles. The topological polar surface area (TPSA) is 42.4 Å². The van der Waals surface area contributed by atoms with Crippen molar-refractivity contribution in [2.45, 2.75) is 31.8 Å². The molecule has 0 aromatic carbocycles. The Balaban J connectivity index is 1.54. The van der Waals surface area contributed by atoms with Crippen LogP contribution >= 0.6 is 0 Å². The lowest BCUT2D eigenvalue weighted by Gasteiger charge is -2.24. The quantitative estimate of drug-likeness (QED) is 0.794. The van der Waals surface area contributed by atoms with E-state index in [1.165, 1.54) is 0 Å². The summed E-state index contributed by atoms with van der Waals surface area (Å²) in [7, 11) is 0. The van der Waals surface area contributed by atoms with Crippen LogP contribution in [0.15, 0.2) is 36.5 Å². The molecule has 0 N–H and O–H groups in total. The Morgan fingerprint density at radius 1 is 1.30 bits per heavy atom. The van der Waals surface area contributed by atoms with Gasteiger partial charge in [-0.3, -0.25) is 4.79 Å². The number of hydrogen-bond acceptors (Lipinski definition) is 3. The molecule has 2 atom stereocenters. The minimum atomic E-state index is 0.0768. The lowest BCUT2D eigenvalue weighted by molar-refractivity contribution is -0.135. The third-order valence-electron chi connectivity index (χ3n) is 4.00. The summed E-state index contributed by atoms with van der Waals surface area (Å²) in [4.78, 5) is 18.5. The van der Waals surface area contributed by atoms with Gasteiger partial charge >= 0.3 is 0 Å². The van der Waals surface area contributed by atoms with Gasteiger partial charge in [-0.2, -0.15) is 0 Å². The molecule has 0 saturated carbocycles. The molecule has 2 unspecified atom stereocenters. The fourth-order valence-electron chi connectivity index (χ4n) is 2.89. The number of nitrogens with zero attached hydrogens (tertiary/aromatic N) is 2. The number of carbonyl (C=O) groups is 1. The van der Waals surface area contributed by atoms with Crippen molar-refractivity contribution in [3.8, 4) is 5.88 Å². The summed E-state index contributed by atoms with van der Waals surface area (Å²) in [5, 5.41) is 0. The largest absolute Gasteiger partial charge is 0.472 e. The van der Waals surface area contributed by atoms with Crippen molar-refractivity contribution in [2.75, 3.05) is 13.1 Å². The Labute approximate surface area is 119 Å². The molecule has 20 heavy (non-hydrogen) atoms. The van der Waals surface area contributed by atoms with Crippen LogP contribution in [0.2, 0.25) is 0 Å². The van der Waals surface area contributed by atoms with Crippen molar-refractivity contribution < 1.29 is 9.53 Å². The van der Waals surface area contributed by atoms with Crippen LogP contribution in [-0.2, 0) is 4.79 Å². The molecule has 1 aliphatic heterocycles. The first-order chi connectivity index (χ1) is 9.83. The van der Waals surface area contributed by atoms with E-state index < -0.39 is 0 Å². The maximum Gasteiger partial charge on any atom is 0.226 e. The summed E-state index contributed by atoms with van der Waals surface area (Å²) in [5.41, 5.74) is 0. The van der Waals surface area contributed by atoms with Crippen molar-refractivity contribution in [2.24, 2.45) is 5.92 Å². The van der Waals surface area contributed by atoms with E-state index in [4.69, 9.17) is 4.74 Å². The molecule has 1 fully saturated rings. The van der Waals surface area contributed by atoms with E-state index in [1.807, 2.05) is 23.1 Å². The normalized spacial score (nSPS) is 25.7. The molecule has 1 amide bonds. The molecule has 2 aliphatic rings. The molecule has 0 radical (unpaired) electrons. The first kappa shape index (κ1) is 13.2. The van der Waals surface area contributed by atoms with Crippen LogP contribution in [-0.4, -0.2) is 35.0 Å². The van der Waals surface area contributed by atoms with Gasteiger partial charge in [-0.1, -0.05) is 18.2 Å². The molecule has 4 heteroatoms. The van der Waals surface area contributed by atoms with E-state index >= 15 is 0 Å². The van der Waals surface area contributed by atoms with Gasteiger partial charge < -0.3 is 9.64 Å². The zero-order valence-electron chi connectivity index (χ0n) is 11.6. The Kier molecular flexibility index (Phi) is 4.00. The summed E-state index contributed by atoms with van der Waals surface area (Å²) in [6, 6.07) is 5.64. The second-order valence-corrected chi connectivity index (χ2v) is 5.46. The lowest BCUT2D eigenvalue weighted by atomic mass is 9.93. The molecule has 1 aliphatic carbocycles. The van der Waals surface area contributed by atoms with Gasteiger partial charge in [0.15, 0.2) is 0 Å². The molecule has 1 aromatic rings. The molecule has 1 saturated heterocycles. The second-order valence-electron chi connectivity index (χ2n) is 5.46. The van der Waals surface area contributed by atoms with E-state index in [2.05, 4.69) is 17.1 Å². The molecule has 2 heterocycles. The third-order valence-corrected chi connectivity index (χ3v) is 4.00.